The lowest BCUT2D eigenvalue weighted by molar-refractivity contribution is -0.153. The van der Waals surface area contributed by atoms with Gasteiger partial charge in [-0.05, 0) is 56.6 Å². The molecule has 1 aromatic heterocycles. The summed E-state index contributed by atoms with van der Waals surface area (Å²) >= 11 is 5.96. The third-order valence-corrected chi connectivity index (χ3v) is 4.69. The molecular formula is C20H23ClF3N3O2. The highest BCUT2D eigenvalue weighted by Crippen LogP contribution is 2.28. The Morgan fingerprint density at radius 2 is 1.93 bits per heavy atom. The molecule has 1 aromatic carbocycles. The number of hydrogen-bond acceptors (Lipinski definition) is 4. The number of pyridine rings is 1. The Kier molecular flexibility index (Phi) is 7.48. The van der Waals surface area contributed by atoms with Gasteiger partial charge >= 0.3 is 6.18 Å². The molecule has 0 radical (unpaired) electrons. The van der Waals surface area contributed by atoms with Gasteiger partial charge in [0, 0.05) is 12.7 Å². The average Bonchev–Trinajstić information content (AvgIpc) is 2.61. The number of amides is 1. The van der Waals surface area contributed by atoms with Crippen molar-refractivity contribution in [2.24, 2.45) is 0 Å². The predicted octanol–water partition coefficient (Wildman–Crippen LogP) is 4.75. The van der Waals surface area contributed by atoms with Crippen LogP contribution in [0.15, 0.2) is 30.5 Å². The summed E-state index contributed by atoms with van der Waals surface area (Å²) in [5, 5.41) is 2.94. The first-order valence-electron chi connectivity index (χ1n) is 8.89. The first kappa shape index (κ1) is 23.0. The largest absolute Gasteiger partial charge is 0.484 e. The van der Waals surface area contributed by atoms with E-state index in [1.807, 2.05) is 4.90 Å². The molecule has 1 atom stereocenters. The minimum Gasteiger partial charge on any atom is -0.484 e. The molecule has 1 amide bonds. The van der Waals surface area contributed by atoms with Gasteiger partial charge in [0.2, 0.25) is 5.91 Å². The topological polar surface area (TPSA) is 54.5 Å². The van der Waals surface area contributed by atoms with E-state index in [4.69, 9.17) is 16.3 Å². The van der Waals surface area contributed by atoms with E-state index in [0.717, 1.165) is 5.56 Å². The van der Waals surface area contributed by atoms with E-state index in [-0.39, 0.29) is 16.8 Å². The number of alkyl halides is 3. The molecule has 0 spiro atoms. The van der Waals surface area contributed by atoms with E-state index < -0.39 is 18.8 Å². The van der Waals surface area contributed by atoms with E-state index in [2.05, 4.69) is 10.3 Å². The standard InChI is InChI=1S/C20H23ClF3N3O2/c1-12-8-15(9-13(2)17(12)29-11-20(22,23)24)10-27(4)14(3)19(28)26-16-6-5-7-25-18(16)21/h5-9,14H,10-11H2,1-4H3,(H,26,28). The highest BCUT2D eigenvalue weighted by atomic mass is 35.5. The van der Waals surface area contributed by atoms with Gasteiger partial charge in [0.25, 0.3) is 0 Å². The first-order chi connectivity index (χ1) is 13.5. The Bertz CT molecular complexity index is 851. The van der Waals surface area contributed by atoms with Gasteiger partial charge in [0.1, 0.15) is 5.75 Å². The maximum Gasteiger partial charge on any atom is 0.422 e. The van der Waals surface area contributed by atoms with Gasteiger partial charge in [-0.2, -0.15) is 13.2 Å². The number of nitrogens with zero attached hydrogens (tertiary/aromatic N) is 2. The van der Waals surface area contributed by atoms with E-state index in [1.165, 1.54) is 6.20 Å². The molecule has 29 heavy (non-hydrogen) atoms. The minimum atomic E-state index is -4.39. The van der Waals surface area contributed by atoms with Crippen molar-refractivity contribution in [3.05, 3.63) is 52.3 Å². The second-order valence-electron chi connectivity index (χ2n) is 6.88. The maximum atomic E-state index is 12.5. The molecule has 1 unspecified atom stereocenters. The molecule has 0 saturated heterocycles. The van der Waals surface area contributed by atoms with Gasteiger partial charge < -0.3 is 10.1 Å². The van der Waals surface area contributed by atoms with Crippen molar-refractivity contribution in [2.75, 3.05) is 19.0 Å². The summed E-state index contributed by atoms with van der Waals surface area (Å²) in [6.07, 6.45) is -2.86. The molecule has 9 heteroatoms. The van der Waals surface area contributed by atoms with Crippen LogP contribution in [-0.2, 0) is 11.3 Å². The van der Waals surface area contributed by atoms with Crippen LogP contribution in [0.3, 0.4) is 0 Å². The van der Waals surface area contributed by atoms with Crippen molar-refractivity contribution in [3.63, 3.8) is 0 Å². The second-order valence-corrected chi connectivity index (χ2v) is 7.24. The number of carbonyl (C=O) groups excluding carboxylic acids is 1. The number of aryl methyl sites for hydroxylation is 2. The van der Waals surface area contributed by atoms with Gasteiger partial charge in [0.05, 0.1) is 11.7 Å². The number of ether oxygens (including phenoxy) is 1. The van der Waals surface area contributed by atoms with Crippen LogP contribution >= 0.6 is 11.6 Å². The Balaban J connectivity index is 2.04. The molecule has 0 aliphatic rings. The molecule has 0 bridgehead atoms. The van der Waals surface area contributed by atoms with Gasteiger partial charge in [-0.3, -0.25) is 9.69 Å². The number of halogens is 4. The number of hydrogen-bond donors (Lipinski definition) is 1. The van der Waals surface area contributed by atoms with E-state index in [9.17, 15) is 18.0 Å². The van der Waals surface area contributed by atoms with Crippen LogP contribution in [0.2, 0.25) is 5.15 Å². The lowest BCUT2D eigenvalue weighted by Gasteiger charge is -2.25. The van der Waals surface area contributed by atoms with E-state index >= 15 is 0 Å². The predicted molar refractivity (Wildman–Crippen MR) is 106 cm³/mol. The number of aromatic nitrogens is 1. The van der Waals surface area contributed by atoms with Crippen LogP contribution in [0.4, 0.5) is 18.9 Å². The summed E-state index contributed by atoms with van der Waals surface area (Å²) in [4.78, 5) is 18.2. The molecule has 0 aliphatic heterocycles. The fraction of sp³-hybridized carbons (Fsp3) is 0.400. The van der Waals surface area contributed by atoms with Crippen LogP contribution in [-0.4, -0.2) is 41.7 Å². The van der Waals surface area contributed by atoms with E-state index in [0.29, 0.717) is 23.4 Å². The van der Waals surface area contributed by atoms with Gasteiger partial charge in [0.15, 0.2) is 11.8 Å². The lowest BCUT2D eigenvalue weighted by atomic mass is 10.0. The number of benzene rings is 1. The van der Waals surface area contributed by atoms with Crippen molar-refractivity contribution >= 4 is 23.2 Å². The number of anilines is 1. The number of likely N-dealkylation sites (N-methyl/N-ethyl adjacent to an activating group) is 1. The monoisotopic (exact) mass is 429 g/mol. The van der Waals surface area contributed by atoms with Gasteiger partial charge in [-0.25, -0.2) is 4.98 Å². The quantitative estimate of drug-likeness (QED) is 0.645. The molecule has 1 heterocycles. The third-order valence-electron chi connectivity index (χ3n) is 4.39. The molecule has 2 rings (SSSR count). The Hall–Kier alpha value is -2.32. The highest BCUT2D eigenvalue weighted by molar-refractivity contribution is 6.32. The number of nitrogens with one attached hydrogen (secondary N) is 1. The average molecular weight is 430 g/mol. The van der Waals surface area contributed by atoms with E-state index in [1.54, 1.807) is 52.1 Å². The number of rotatable bonds is 7. The smallest absolute Gasteiger partial charge is 0.422 e. The van der Waals surface area contributed by atoms with Crippen molar-refractivity contribution in [1.82, 2.24) is 9.88 Å². The van der Waals surface area contributed by atoms with Crippen LogP contribution < -0.4 is 10.1 Å². The van der Waals surface area contributed by atoms with Crippen LogP contribution in [0.25, 0.3) is 0 Å². The normalized spacial score (nSPS) is 12.7. The maximum absolute atomic E-state index is 12.5. The van der Waals surface area contributed by atoms with Crippen LogP contribution in [0.5, 0.6) is 5.75 Å². The summed E-state index contributed by atoms with van der Waals surface area (Å²) in [7, 11) is 1.79. The lowest BCUT2D eigenvalue weighted by Crippen LogP contribution is -2.39. The molecule has 2 aromatic rings. The van der Waals surface area contributed by atoms with Crippen LogP contribution in [0, 0.1) is 13.8 Å². The second kappa shape index (κ2) is 9.45. The summed E-state index contributed by atoms with van der Waals surface area (Å²) in [5.41, 5.74) is 2.51. The molecule has 5 nitrogen and oxygen atoms in total. The zero-order valence-electron chi connectivity index (χ0n) is 16.6. The zero-order valence-corrected chi connectivity index (χ0v) is 17.4. The first-order valence-corrected chi connectivity index (χ1v) is 9.27. The summed E-state index contributed by atoms with van der Waals surface area (Å²) < 4.78 is 42.2. The summed E-state index contributed by atoms with van der Waals surface area (Å²) in [6, 6.07) is 6.37. The Labute approximate surface area is 172 Å². The molecular weight excluding hydrogens is 407 g/mol. The Morgan fingerprint density at radius 1 is 1.31 bits per heavy atom. The summed E-state index contributed by atoms with van der Waals surface area (Å²) in [6.45, 7) is 4.24. The third kappa shape index (κ3) is 6.61. The molecule has 158 valence electrons. The molecule has 1 N–H and O–H groups in total. The molecule has 0 saturated carbocycles. The minimum absolute atomic E-state index is 0.205. The van der Waals surface area contributed by atoms with Gasteiger partial charge in [-0.1, -0.05) is 23.7 Å². The number of carbonyl (C=O) groups is 1. The van der Waals surface area contributed by atoms with Crippen molar-refractivity contribution < 1.29 is 22.7 Å². The van der Waals surface area contributed by atoms with Crippen molar-refractivity contribution in [3.8, 4) is 5.75 Å². The molecule has 0 fully saturated rings. The van der Waals surface area contributed by atoms with Crippen LogP contribution in [0.1, 0.15) is 23.6 Å². The summed E-state index contributed by atoms with van der Waals surface area (Å²) in [5.74, 6) is -0.0216. The fourth-order valence-electron chi connectivity index (χ4n) is 2.85. The van der Waals surface area contributed by atoms with Crippen molar-refractivity contribution in [2.45, 2.75) is 39.5 Å². The fourth-order valence-corrected chi connectivity index (χ4v) is 3.02. The SMILES string of the molecule is Cc1cc(CN(C)C(C)C(=O)Nc2cccnc2Cl)cc(C)c1OCC(F)(F)F. The van der Waals surface area contributed by atoms with Gasteiger partial charge in [-0.15, -0.1) is 0 Å². The Morgan fingerprint density at radius 3 is 2.48 bits per heavy atom. The van der Waals surface area contributed by atoms with Crippen molar-refractivity contribution in [1.29, 1.82) is 0 Å². The highest BCUT2D eigenvalue weighted by Gasteiger charge is 2.29. The zero-order chi connectivity index (χ0) is 21.8. The molecule has 0 aliphatic carbocycles.